The number of hydrogen-bond donors (Lipinski definition) is 1. The van der Waals surface area contributed by atoms with Crippen LogP contribution in [0.1, 0.15) is 31.2 Å². The van der Waals surface area contributed by atoms with Gasteiger partial charge in [-0.2, -0.15) is 8.78 Å². The van der Waals surface area contributed by atoms with Gasteiger partial charge in [0.15, 0.2) is 6.54 Å². The highest BCUT2D eigenvalue weighted by atomic mass is 32.2. The minimum Gasteiger partial charge on any atom is -0.748 e. The average Bonchev–Trinajstić information content (AvgIpc) is 3.47. The third kappa shape index (κ3) is 7.26. The fraction of sp³-hybridized carbons (Fsp3) is 0.276. The largest absolute Gasteiger partial charge is 0.748 e. The van der Waals surface area contributed by atoms with Crippen molar-refractivity contribution in [1.82, 2.24) is 0 Å². The molecule has 0 fully saturated rings. The van der Waals surface area contributed by atoms with Gasteiger partial charge in [-0.25, -0.2) is 8.42 Å². The van der Waals surface area contributed by atoms with Gasteiger partial charge in [0.05, 0.1) is 32.8 Å². The van der Waals surface area contributed by atoms with Gasteiger partial charge in [-0.3, -0.25) is 8.74 Å². The number of fused-ring (bicyclic) bond motifs is 4. The Kier molecular flexibility index (Phi) is 9.59. The summed E-state index contributed by atoms with van der Waals surface area (Å²) in [4.78, 5) is 3.35. The third-order valence-electron chi connectivity index (χ3n) is 6.76. The van der Waals surface area contributed by atoms with E-state index in [-0.39, 0.29) is 13.0 Å². The zero-order valence-corrected chi connectivity index (χ0v) is 25.7. The number of aryl methyl sites for hydroxylation is 1. The van der Waals surface area contributed by atoms with Crippen molar-refractivity contribution in [3.05, 3.63) is 82.3 Å². The normalized spacial score (nSPS) is 15.7. The number of benzene rings is 3. The van der Waals surface area contributed by atoms with Gasteiger partial charge >= 0.3 is 11.4 Å². The van der Waals surface area contributed by atoms with Crippen molar-refractivity contribution in [2.24, 2.45) is 0 Å². The molecule has 1 aromatic heterocycles. The van der Waals surface area contributed by atoms with E-state index in [1.54, 1.807) is 23.1 Å². The summed E-state index contributed by atoms with van der Waals surface area (Å²) in [5.41, 5.74) is 3.22. The molecule has 2 heterocycles. The van der Waals surface area contributed by atoms with Crippen LogP contribution in [0.3, 0.4) is 0 Å². The Balaban J connectivity index is 1.53. The van der Waals surface area contributed by atoms with E-state index in [0.29, 0.717) is 19.5 Å². The van der Waals surface area contributed by atoms with Gasteiger partial charge in [-0.05, 0) is 54.1 Å². The maximum Gasteiger partial charge on any atom is 0.301 e. The first kappa shape index (κ1) is 29.9. The van der Waals surface area contributed by atoms with Crippen LogP contribution in [0.2, 0.25) is 0 Å². The van der Waals surface area contributed by atoms with E-state index in [4.69, 9.17) is 8.74 Å². The highest BCUT2D eigenvalue weighted by molar-refractivity contribution is 8.03. The zero-order valence-electron chi connectivity index (χ0n) is 22.4. The molecule has 216 valence electrons. The molecule has 1 aliphatic rings. The van der Waals surface area contributed by atoms with Crippen LogP contribution in [0.5, 0.6) is 0 Å². The Labute approximate surface area is 250 Å². The molecule has 0 saturated heterocycles. The van der Waals surface area contributed by atoms with Gasteiger partial charge in [0.2, 0.25) is 5.52 Å². The van der Waals surface area contributed by atoms with Crippen LogP contribution in [-0.4, -0.2) is 40.6 Å². The van der Waals surface area contributed by atoms with Crippen molar-refractivity contribution in [3.8, 4) is 0 Å². The van der Waals surface area contributed by atoms with Crippen molar-refractivity contribution in [2.45, 2.75) is 37.6 Å². The highest BCUT2D eigenvalue weighted by Gasteiger charge is 2.26. The molecule has 0 spiro atoms. The average molecular weight is 631 g/mol. The number of allylic oxidation sites excluding steroid dienone is 2. The van der Waals surface area contributed by atoms with E-state index in [2.05, 4.69) is 64.9 Å². The summed E-state index contributed by atoms with van der Waals surface area (Å²) in [6.45, 7) is 3.31. The summed E-state index contributed by atoms with van der Waals surface area (Å²) in [6, 6.07) is 20.5. The van der Waals surface area contributed by atoms with Crippen LogP contribution < -0.4 is 9.47 Å². The van der Waals surface area contributed by atoms with E-state index in [1.807, 2.05) is 24.3 Å². The Morgan fingerprint density at radius 2 is 1.90 bits per heavy atom. The maximum absolute atomic E-state index is 11.4. The zero-order chi connectivity index (χ0) is 29.0. The van der Waals surface area contributed by atoms with Gasteiger partial charge in [0.25, 0.3) is 5.01 Å². The summed E-state index contributed by atoms with van der Waals surface area (Å²) in [6.07, 6.45) is 5.90. The van der Waals surface area contributed by atoms with Crippen LogP contribution in [0, 0.1) is 0 Å². The van der Waals surface area contributed by atoms with E-state index in [9.17, 15) is 17.2 Å². The third-order valence-corrected chi connectivity index (χ3v) is 10.1. The van der Waals surface area contributed by atoms with Gasteiger partial charge in [0.1, 0.15) is 4.70 Å². The topological polar surface area (TPSA) is 111 Å². The van der Waals surface area contributed by atoms with Crippen molar-refractivity contribution in [3.63, 3.8) is 0 Å². The lowest BCUT2D eigenvalue weighted by Gasteiger charge is -2.20. The van der Waals surface area contributed by atoms with Crippen molar-refractivity contribution in [1.29, 1.82) is 0 Å². The molecule has 1 N–H and O–H groups in total. The molecule has 5 rings (SSSR count). The van der Waals surface area contributed by atoms with Crippen molar-refractivity contribution < 1.29 is 30.5 Å². The molecule has 41 heavy (non-hydrogen) atoms. The Morgan fingerprint density at radius 3 is 2.68 bits per heavy atom. The standard InChI is InChI=1S/C29H30N2O6S4/c1-2-21(19-27-30(15-7-17-37-40(32)33)24-11-5-6-12-25(24)38-27)20-28-31(16-8-18-41(34,35)36)29-23-10-4-3-9-22(23)13-14-26(29)39-28/h3-6,9-14,19-20H,2,7-8,15-18H2,1H3,(H-,32,33,34,35,36). The SMILES string of the molecule is CCC(=Cc1sc2ccc3ccccc3c2[n+]1CCCS(=O)(=O)[O-])C=C1Sc2ccccc2N1CCCOS(=O)O. The lowest BCUT2D eigenvalue weighted by molar-refractivity contribution is -0.667. The molecule has 12 heteroatoms. The second-order valence-corrected chi connectivity index (χ2v) is 13.8. The quantitative estimate of drug-likeness (QED) is 0.0870. The molecule has 1 aliphatic heterocycles. The molecular weight excluding hydrogens is 601 g/mol. The monoisotopic (exact) mass is 630 g/mol. The molecule has 0 aliphatic carbocycles. The highest BCUT2D eigenvalue weighted by Crippen LogP contribution is 2.46. The van der Waals surface area contributed by atoms with Crippen LogP contribution in [0.4, 0.5) is 5.69 Å². The minimum absolute atomic E-state index is 0.172. The number of hydrogen-bond acceptors (Lipinski definition) is 8. The number of nitrogens with zero attached hydrogens (tertiary/aromatic N) is 2. The summed E-state index contributed by atoms with van der Waals surface area (Å²) in [5, 5.41) is 4.22. The molecule has 0 radical (unpaired) electrons. The molecule has 1 unspecified atom stereocenters. The van der Waals surface area contributed by atoms with E-state index < -0.39 is 27.2 Å². The molecule has 0 bridgehead atoms. The van der Waals surface area contributed by atoms with E-state index >= 15 is 0 Å². The van der Waals surface area contributed by atoms with Crippen molar-refractivity contribution >= 4 is 77.3 Å². The first-order valence-electron chi connectivity index (χ1n) is 13.2. The predicted molar refractivity (Wildman–Crippen MR) is 166 cm³/mol. The molecule has 3 aromatic carbocycles. The molecule has 1 atom stereocenters. The maximum atomic E-state index is 11.4. The van der Waals surface area contributed by atoms with E-state index in [1.165, 1.54) is 0 Å². The lowest BCUT2D eigenvalue weighted by atomic mass is 10.1. The fourth-order valence-electron chi connectivity index (χ4n) is 4.91. The van der Waals surface area contributed by atoms with Gasteiger partial charge in [-0.15, -0.1) is 0 Å². The first-order valence-corrected chi connectivity index (χ1v) is 17.5. The molecule has 4 aromatic rings. The van der Waals surface area contributed by atoms with Crippen LogP contribution in [-0.2, 0) is 32.2 Å². The Hall–Kier alpha value is -2.58. The summed E-state index contributed by atoms with van der Waals surface area (Å²) in [7, 11) is -4.31. The van der Waals surface area contributed by atoms with Crippen molar-refractivity contribution in [2.75, 3.05) is 23.8 Å². The fourth-order valence-corrected chi connectivity index (χ4v) is 8.00. The van der Waals surface area contributed by atoms with Crippen LogP contribution in [0.25, 0.3) is 27.1 Å². The first-order chi connectivity index (χ1) is 19.7. The summed E-state index contributed by atoms with van der Waals surface area (Å²) in [5.74, 6) is -0.409. The summed E-state index contributed by atoms with van der Waals surface area (Å²) >= 11 is 1.05. The summed E-state index contributed by atoms with van der Waals surface area (Å²) < 4.78 is 62.0. The number of para-hydroxylation sites is 1. The second kappa shape index (κ2) is 13.2. The molecule has 8 nitrogen and oxygen atoms in total. The Morgan fingerprint density at radius 1 is 1.12 bits per heavy atom. The lowest BCUT2D eigenvalue weighted by Crippen LogP contribution is -2.36. The Bertz CT molecular complexity index is 1760. The second-order valence-electron chi connectivity index (χ2n) is 9.51. The minimum atomic E-state index is -4.31. The number of anilines is 1. The molecule has 0 saturated carbocycles. The number of thioether (sulfide) groups is 1. The number of aromatic nitrogens is 1. The predicted octanol–water partition coefficient (Wildman–Crippen LogP) is 6.07. The molecule has 0 amide bonds. The van der Waals surface area contributed by atoms with Gasteiger partial charge in [0, 0.05) is 29.7 Å². The van der Waals surface area contributed by atoms with Gasteiger partial charge < -0.3 is 9.45 Å². The molecular formula is C29H30N2O6S4. The number of thiazole rings is 1. The van der Waals surface area contributed by atoms with E-state index in [0.717, 1.165) is 53.6 Å². The van der Waals surface area contributed by atoms with Crippen LogP contribution >= 0.6 is 23.1 Å². The van der Waals surface area contributed by atoms with Gasteiger partial charge in [-0.1, -0.05) is 66.4 Å². The smallest absolute Gasteiger partial charge is 0.301 e. The van der Waals surface area contributed by atoms with Crippen LogP contribution in [0.15, 0.2) is 82.2 Å². The number of rotatable bonds is 12.